The van der Waals surface area contributed by atoms with Crippen molar-refractivity contribution in [3.63, 3.8) is 0 Å². The first-order chi connectivity index (χ1) is 18.2. The Bertz CT molecular complexity index is 1310. The van der Waals surface area contributed by atoms with Crippen LogP contribution in [0, 0.1) is 11.8 Å². The number of ketones is 2. The number of hydrogen-bond acceptors (Lipinski definition) is 10. The Morgan fingerprint density at radius 1 is 1.10 bits per heavy atom. The van der Waals surface area contributed by atoms with E-state index in [1.54, 1.807) is 20.2 Å². The number of aliphatic hydroxyl groups is 3. The van der Waals surface area contributed by atoms with E-state index in [-0.39, 0.29) is 29.7 Å². The predicted molar refractivity (Wildman–Crippen MR) is 145 cm³/mol. The summed E-state index contributed by atoms with van der Waals surface area (Å²) in [6.07, 6.45) is 0.307. The van der Waals surface area contributed by atoms with Crippen molar-refractivity contribution in [3.8, 4) is 5.75 Å². The fraction of sp³-hybridized carbons (Fsp3) is 0.536. The van der Waals surface area contributed by atoms with Crippen molar-refractivity contribution in [1.29, 1.82) is 0 Å². The molecule has 1 amide bonds. The molecule has 0 aromatic heterocycles. The number of likely N-dealkylation sites (N-methyl/N-ethyl adjacent to an activating group) is 1. The second kappa shape index (κ2) is 9.96. The van der Waals surface area contributed by atoms with Crippen LogP contribution < -0.4 is 10.6 Å². The largest absolute Gasteiger partial charge is 0.510 e. The molecule has 39 heavy (non-hydrogen) atoms. The number of aromatic hydroxyl groups is 1. The lowest BCUT2D eigenvalue weighted by molar-refractivity contribution is -0.148. The lowest BCUT2D eigenvalue weighted by Crippen LogP contribution is -2.63. The number of rotatable bonds is 7. The molecule has 4 rings (SSSR count). The molecule has 212 valence electrons. The summed E-state index contributed by atoms with van der Waals surface area (Å²) in [7, 11) is 6.94. The molecule has 1 aromatic carbocycles. The minimum atomic E-state index is -2.65. The molecule has 0 unspecified atom stereocenters. The Kier molecular flexibility index (Phi) is 7.30. The number of Topliss-reactive ketones (excluding diaryl/α,β-unsaturated/α-hetero) is 2. The average molecular weight is 543 g/mol. The molecule has 0 bridgehead atoms. The number of carbonyl (C=O) groups excluding carboxylic acids is 3. The number of fused-ring (bicyclic) bond motifs is 3. The number of benzene rings is 1. The van der Waals surface area contributed by atoms with Crippen LogP contribution >= 0.6 is 0 Å². The van der Waals surface area contributed by atoms with Gasteiger partial charge in [0.05, 0.1) is 11.6 Å². The van der Waals surface area contributed by atoms with Crippen molar-refractivity contribution < 1.29 is 34.8 Å². The quantitative estimate of drug-likeness (QED) is 0.314. The number of nitrogens with two attached hydrogens (primary N) is 1. The van der Waals surface area contributed by atoms with Crippen molar-refractivity contribution in [3.05, 3.63) is 45.4 Å². The zero-order valence-electron chi connectivity index (χ0n) is 23.3. The van der Waals surface area contributed by atoms with Crippen molar-refractivity contribution in [1.82, 2.24) is 9.80 Å². The van der Waals surface area contributed by atoms with Gasteiger partial charge in [-0.2, -0.15) is 0 Å². The smallest absolute Gasteiger partial charge is 0.255 e. The van der Waals surface area contributed by atoms with E-state index in [1.807, 2.05) is 32.8 Å². The monoisotopic (exact) mass is 542 g/mol. The maximum Gasteiger partial charge on any atom is 0.255 e. The van der Waals surface area contributed by atoms with Gasteiger partial charge in [0.25, 0.3) is 5.91 Å². The highest BCUT2D eigenvalue weighted by Gasteiger charge is 2.63. The van der Waals surface area contributed by atoms with Gasteiger partial charge in [-0.15, -0.1) is 0 Å². The molecule has 0 heterocycles. The van der Waals surface area contributed by atoms with Crippen LogP contribution in [0.15, 0.2) is 28.7 Å². The molecule has 3 aliphatic carbocycles. The number of aliphatic hydroxyl groups excluding tert-OH is 2. The standard InChI is InChI=1S/C28H38N4O7/c1-7-32(8-2)12-14-11-17(33)19-15(21(14)30(3)4)9-13-10-16-22(31(5)6)24(35)20(27(29)38)26(37)28(16,39)25(36)18(13)23(19)34/h11,13,16,22,33,35-36,39H,7-10,12H2,1-6H3,(H2,29,38)/t13-,16-,22-,28-/m0/s1. The number of carbonyl (C=O) groups is 3. The van der Waals surface area contributed by atoms with E-state index in [0.717, 1.165) is 24.3 Å². The maximum absolute atomic E-state index is 13.9. The van der Waals surface area contributed by atoms with Gasteiger partial charge in [0, 0.05) is 37.8 Å². The topological polar surface area (TPSA) is 168 Å². The zero-order chi connectivity index (χ0) is 29.1. The van der Waals surface area contributed by atoms with Gasteiger partial charge in [0.15, 0.2) is 11.4 Å². The first kappa shape index (κ1) is 28.6. The fourth-order valence-electron chi connectivity index (χ4n) is 6.74. The zero-order valence-corrected chi connectivity index (χ0v) is 23.3. The highest BCUT2D eigenvalue weighted by atomic mass is 16.3. The van der Waals surface area contributed by atoms with Crippen LogP contribution in [-0.2, 0) is 22.6 Å². The van der Waals surface area contributed by atoms with Gasteiger partial charge < -0.3 is 31.1 Å². The number of primary amides is 1. The molecule has 0 saturated carbocycles. The van der Waals surface area contributed by atoms with Gasteiger partial charge in [-0.1, -0.05) is 13.8 Å². The number of anilines is 1. The van der Waals surface area contributed by atoms with E-state index < -0.39 is 58.0 Å². The average Bonchev–Trinajstić information content (AvgIpc) is 2.83. The third-order valence-corrected chi connectivity index (χ3v) is 8.51. The van der Waals surface area contributed by atoms with E-state index >= 15 is 0 Å². The van der Waals surface area contributed by atoms with E-state index in [2.05, 4.69) is 4.90 Å². The molecule has 0 fully saturated rings. The first-order valence-corrected chi connectivity index (χ1v) is 13.1. The minimum absolute atomic E-state index is 0.0165. The molecule has 0 saturated heterocycles. The number of phenols is 1. The third kappa shape index (κ3) is 4.11. The van der Waals surface area contributed by atoms with Gasteiger partial charge in [-0.05, 0) is 63.1 Å². The van der Waals surface area contributed by atoms with Gasteiger partial charge in [0.2, 0.25) is 5.78 Å². The summed E-state index contributed by atoms with van der Waals surface area (Å²) in [5.74, 6) is -6.53. The van der Waals surface area contributed by atoms with Crippen LogP contribution in [0.25, 0.3) is 0 Å². The summed E-state index contributed by atoms with van der Waals surface area (Å²) < 4.78 is 0. The third-order valence-electron chi connectivity index (χ3n) is 8.51. The van der Waals surface area contributed by atoms with Crippen LogP contribution in [0.1, 0.15) is 41.8 Å². The maximum atomic E-state index is 13.9. The fourth-order valence-corrected chi connectivity index (χ4v) is 6.74. The summed E-state index contributed by atoms with van der Waals surface area (Å²) >= 11 is 0. The SMILES string of the molecule is CCN(CC)Cc1cc(O)c2c(c1N(C)C)C[C@H]1C[C@H]3[C@H](N(C)C)C(O)=C(C(N)=O)C(=O)[C@@]3(O)C(O)=C1C2=O. The molecule has 0 radical (unpaired) electrons. The second-order valence-corrected chi connectivity index (χ2v) is 11.1. The van der Waals surface area contributed by atoms with Gasteiger partial charge in [-0.25, -0.2) is 0 Å². The molecule has 0 spiro atoms. The molecule has 6 N–H and O–H groups in total. The number of amides is 1. The van der Waals surface area contributed by atoms with Crippen molar-refractivity contribution in [2.75, 3.05) is 46.2 Å². The Labute approximate surface area is 227 Å². The van der Waals surface area contributed by atoms with E-state index in [9.17, 15) is 34.8 Å². The highest BCUT2D eigenvalue weighted by molar-refractivity contribution is 6.24. The molecule has 4 atom stereocenters. The number of hydrogen-bond donors (Lipinski definition) is 5. The summed E-state index contributed by atoms with van der Waals surface area (Å²) in [4.78, 5) is 45.1. The van der Waals surface area contributed by atoms with Crippen LogP contribution in [0.2, 0.25) is 0 Å². The van der Waals surface area contributed by atoms with Crippen LogP contribution in [0.3, 0.4) is 0 Å². The van der Waals surface area contributed by atoms with Crippen LogP contribution in [0.4, 0.5) is 5.69 Å². The van der Waals surface area contributed by atoms with Crippen LogP contribution in [0.5, 0.6) is 5.75 Å². The Morgan fingerprint density at radius 2 is 1.72 bits per heavy atom. The summed E-state index contributed by atoms with van der Waals surface area (Å²) in [5.41, 5.74) is 4.04. The van der Waals surface area contributed by atoms with Gasteiger partial charge in [0.1, 0.15) is 22.8 Å². The lowest BCUT2D eigenvalue weighted by Gasteiger charge is -2.50. The van der Waals surface area contributed by atoms with Crippen molar-refractivity contribution in [2.24, 2.45) is 17.6 Å². The number of nitrogens with zero attached hydrogens (tertiary/aromatic N) is 3. The van der Waals surface area contributed by atoms with Crippen molar-refractivity contribution >= 4 is 23.2 Å². The first-order valence-electron chi connectivity index (χ1n) is 13.1. The molecule has 11 nitrogen and oxygen atoms in total. The number of phenolic OH excluding ortho intramolecular Hbond substituents is 1. The van der Waals surface area contributed by atoms with Crippen molar-refractivity contribution in [2.45, 2.75) is 44.9 Å². The van der Waals surface area contributed by atoms with E-state index in [1.165, 1.54) is 4.90 Å². The van der Waals surface area contributed by atoms with Gasteiger partial charge >= 0.3 is 0 Å². The summed E-state index contributed by atoms with van der Waals surface area (Å²) in [6.45, 7) is 6.25. The number of allylic oxidation sites excluding steroid dienone is 1. The highest BCUT2D eigenvalue weighted by Crippen LogP contribution is 2.53. The Balaban J connectivity index is 1.94. The Hall–Kier alpha value is -3.41. The second-order valence-electron chi connectivity index (χ2n) is 11.1. The molecule has 11 heteroatoms. The van der Waals surface area contributed by atoms with Gasteiger partial charge in [-0.3, -0.25) is 24.2 Å². The predicted octanol–water partition coefficient (Wildman–Crippen LogP) is 1.03. The Morgan fingerprint density at radius 3 is 2.23 bits per heavy atom. The molecule has 1 aromatic rings. The molecule has 3 aliphatic rings. The molecular weight excluding hydrogens is 504 g/mol. The summed E-state index contributed by atoms with van der Waals surface area (Å²) in [6, 6.07) is 0.536. The minimum Gasteiger partial charge on any atom is -0.510 e. The normalized spacial score (nSPS) is 26.6. The van der Waals surface area contributed by atoms with E-state index in [4.69, 9.17) is 5.73 Å². The summed E-state index contributed by atoms with van der Waals surface area (Å²) in [5, 5.41) is 45.1. The molecule has 0 aliphatic heterocycles. The lowest BCUT2D eigenvalue weighted by atomic mass is 9.58. The van der Waals surface area contributed by atoms with E-state index in [0.29, 0.717) is 12.1 Å². The van der Waals surface area contributed by atoms with Crippen LogP contribution in [-0.4, -0.2) is 101 Å². The molecular formula is C28H38N4O7.